The summed E-state index contributed by atoms with van der Waals surface area (Å²) in [6.07, 6.45) is 1.51. The molecule has 0 spiro atoms. The first kappa shape index (κ1) is 15.9. The van der Waals surface area contributed by atoms with Gasteiger partial charge in [-0.3, -0.25) is 14.2 Å². The number of carbonyl (C=O) groups is 1. The Morgan fingerprint density at radius 2 is 1.72 bits per heavy atom. The Balaban J connectivity index is 1.68. The van der Waals surface area contributed by atoms with E-state index in [4.69, 9.17) is 0 Å². The SMILES string of the molecule is Cc1ccn(-c2ccc(F)cc2)c(=O)c1C(=O)N1CC2C(C1)C2(F)F. The van der Waals surface area contributed by atoms with Crippen molar-refractivity contribution in [2.75, 3.05) is 13.1 Å². The minimum absolute atomic E-state index is 0.0270. The Kier molecular flexibility index (Phi) is 3.32. The van der Waals surface area contributed by atoms with Crippen molar-refractivity contribution in [2.45, 2.75) is 12.8 Å². The predicted molar refractivity (Wildman–Crippen MR) is 84.6 cm³/mol. The number of aryl methyl sites for hydroxylation is 1. The Morgan fingerprint density at radius 3 is 2.32 bits per heavy atom. The van der Waals surface area contributed by atoms with E-state index in [0.717, 1.165) is 0 Å². The quantitative estimate of drug-likeness (QED) is 0.837. The van der Waals surface area contributed by atoms with Gasteiger partial charge in [-0.2, -0.15) is 0 Å². The number of carbonyl (C=O) groups excluding carboxylic acids is 1. The molecule has 0 bridgehead atoms. The van der Waals surface area contributed by atoms with Gasteiger partial charge in [0.15, 0.2) is 0 Å². The normalized spacial score (nSPS) is 23.4. The van der Waals surface area contributed by atoms with E-state index in [9.17, 15) is 22.8 Å². The molecule has 2 aromatic rings. The smallest absolute Gasteiger partial charge is 0.268 e. The van der Waals surface area contributed by atoms with Crippen molar-refractivity contribution in [3.63, 3.8) is 0 Å². The van der Waals surface area contributed by atoms with Crippen LogP contribution in [-0.2, 0) is 0 Å². The fourth-order valence-electron chi connectivity index (χ4n) is 3.52. The number of nitrogens with zero attached hydrogens (tertiary/aromatic N) is 2. The van der Waals surface area contributed by atoms with E-state index in [1.165, 1.54) is 39.9 Å². The largest absolute Gasteiger partial charge is 0.337 e. The molecule has 7 heteroatoms. The van der Waals surface area contributed by atoms with E-state index in [2.05, 4.69) is 0 Å². The summed E-state index contributed by atoms with van der Waals surface area (Å²) in [6.45, 7) is 1.58. The lowest BCUT2D eigenvalue weighted by Gasteiger charge is -2.21. The maximum Gasteiger partial charge on any atom is 0.268 e. The molecule has 2 heterocycles. The molecule has 2 aliphatic rings. The van der Waals surface area contributed by atoms with Crippen molar-refractivity contribution in [1.29, 1.82) is 0 Å². The van der Waals surface area contributed by atoms with Crippen LogP contribution >= 0.6 is 0 Å². The van der Waals surface area contributed by atoms with Crippen LogP contribution in [0.1, 0.15) is 15.9 Å². The van der Waals surface area contributed by atoms with E-state index in [0.29, 0.717) is 11.3 Å². The van der Waals surface area contributed by atoms with Crippen LogP contribution in [0.4, 0.5) is 13.2 Å². The molecule has 0 N–H and O–H groups in total. The number of hydrogen-bond donors (Lipinski definition) is 0. The number of fused-ring (bicyclic) bond motifs is 1. The Labute approximate surface area is 141 Å². The van der Waals surface area contributed by atoms with Crippen molar-refractivity contribution in [1.82, 2.24) is 9.47 Å². The Bertz CT molecular complexity index is 907. The summed E-state index contributed by atoms with van der Waals surface area (Å²) >= 11 is 0. The summed E-state index contributed by atoms with van der Waals surface area (Å²) in [5.74, 6) is -5.23. The molecule has 4 rings (SSSR count). The molecule has 1 aliphatic heterocycles. The molecule has 25 heavy (non-hydrogen) atoms. The summed E-state index contributed by atoms with van der Waals surface area (Å²) in [7, 11) is 0. The molecule has 1 saturated carbocycles. The first-order valence-corrected chi connectivity index (χ1v) is 7.96. The van der Waals surface area contributed by atoms with Gasteiger partial charge >= 0.3 is 0 Å². The number of likely N-dealkylation sites (tertiary alicyclic amines) is 1. The third kappa shape index (κ3) is 2.37. The highest BCUT2D eigenvalue weighted by Crippen LogP contribution is 2.59. The summed E-state index contributed by atoms with van der Waals surface area (Å²) in [4.78, 5) is 26.8. The zero-order valence-electron chi connectivity index (χ0n) is 13.4. The zero-order chi connectivity index (χ0) is 17.9. The Hall–Kier alpha value is -2.57. The lowest BCUT2D eigenvalue weighted by atomic mass is 10.1. The monoisotopic (exact) mass is 348 g/mol. The molecular weight excluding hydrogens is 333 g/mol. The molecule has 2 atom stereocenters. The summed E-state index contributed by atoms with van der Waals surface area (Å²) in [6, 6.07) is 6.93. The number of piperidine rings is 1. The minimum atomic E-state index is -2.68. The van der Waals surface area contributed by atoms with Gasteiger partial charge in [0, 0.05) is 25.0 Å². The van der Waals surface area contributed by atoms with Crippen LogP contribution in [0.3, 0.4) is 0 Å². The lowest BCUT2D eigenvalue weighted by molar-refractivity contribution is 0.0457. The summed E-state index contributed by atoms with van der Waals surface area (Å²) in [5.41, 5.74) is 0.345. The third-order valence-corrected chi connectivity index (χ3v) is 5.11. The number of alkyl halides is 2. The van der Waals surface area contributed by atoms with Crippen molar-refractivity contribution in [2.24, 2.45) is 11.8 Å². The average molecular weight is 348 g/mol. The van der Waals surface area contributed by atoms with Crippen LogP contribution in [0.2, 0.25) is 0 Å². The van der Waals surface area contributed by atoms with Crippen LogP contribution in [-0.4, -0.2) is 34.4 Å². The molecular formula is C18H15F3N2O2. The second-order valence-electron chi connectivity index (χ2n) is 6.62. The highest BCUT2D eigenvalue weighted by Gasteiger charge is 2.72. The Morgan fingerprint density at radius 1 is 1.12 bits per heavy atom. The highest BCUT2D eigenvalue weighted by molar-refractivity contribution is 5.95. The van der Waals surface area contributed by atoms with Gasteiger partial charge in [0.2, 0.25) is 0 Å². The highest BCUT2D eigenvalue weighted by atomic mass is 19.3. The predicted octanol–water partition coefficient (Wildman–Crippen LogP) is 2.62. The first-order valence-electron chi connectivity index (χ1n) is 7.96. The lowest BCUT2D eigenvalue weighted by Crippen LogP contribution is -2.38. The van der Waals surface area contributed by atoms with Crippen LogP contribution in [0.15, 0.2) is 41.3 Å². The van der Waals surface area contributed by atoms with Gasteiger partial charge in [-0.1, -0.05) is 0 Å². The summed E-state index contributed by atoms with van der Waals surface area (Å²) < 4.78 is 41.0. The van der Waals surface area contributed by atoms with Gasteiger partial charge in [0.05, 0.1) is 11.8 Å². The maximum atomic E-state index is 13.3. The molecule has 4 nitrogen and oxygen atoms in total. The number of aromatic nitrogens is 1. The van der Waals surface area contributed by atoms with E-state index >= 15 is 0 Å². The van der Waals surface area contributed by atoms with Gasteiger partial charge < -0.3 is 4.90 Å². The van der Waals surface area contributed by atoms with Gasteiger partial charge in [-0.15, -0.1) is 0 Å². The second kappa shape index (κ2) is 5.21. The second-order valence-corrected chi connectivity index (χ2v) is 6.62. The molecule has 1 aliphatic carbocycles. The minimum Gasteiger partial charge on any atom is -0.337 e. The first-order chi connectivity index (χ1) is 11.8. The molecule has 0 radical (unpaired) electrons. The molecule has 1 saturated heterocycles. The van der Waals surface area contributed by atoms with Gasteiger partial charge in [0.1, 0.15) is 11.4 Å². The molecule has 2 unspecified atom stereocenters. The third-order valence-electron chi connectivity index (χ3n) is 5.11. The number of pyridine rings is 1. The van der Waals surface area contributed by atoms with Gasteiger partial charge in [-0.25, -0.2) is 13.2 Å². The standard InChI is InChI=1S/C18H15F3N2O2/c1-10-6-7-23(12-4-2-11(19)3-5-12)17(25)15(10)16(24)22-8-13-14(9-22)18(13,20)21/h2-7,13-14H,8-9H2,1H3. The molecule has 1 aromatic carbocycles. The van der Waals surface area contributed by atoms with Crippen LogP contribution < -0.4 is 5.56 Å². The topological polar surface area (TPSA) is 42.3 Å². The van der Waals surface area contributed by atoms with Crippen LogP contribution in [0, 0.1) is 24.6 Å². The molecule has 1 aromatic heterocycles. The molecule has 130 valence electrons. The van der Waals surface area contributed by atoms with Crippen molar-refractivity contribution >= 4 is 5.91 Å². The molecule has 2 fully saturated rings. The maximum absolute atomic E-state index is 13.3. The van der Waals surface area contributed by atoms with Crippen LogP contribution in [0.25, 0.3) is 5.69 Å². The number of halogens is 3. The van der Waals surface area contributed by atoms with Gasteiger partial charge in [0.25, 0.3) is 17.4 Å². The number of hydrogen-bond acceptors (Lipinski definition) is 2. The average Bonchev–Trinajstić information content (AvgIpc) is 2.92. The van der Waals surface area contributed by atoms with Gasteiger partial charge in [-0.05, 0) is 42.8 Å². The van der Waals surface area contributed by atoms with Crippen molar-refractivity contribution in [3.05, 3.63) is 63.8 Å². The van der Waals surface area contributed by atoms with Crippen molar-refractivity contribution < 1.29 is 18.0 Å². The summed E-state index contributed by atoms with van der Waals surface area (Å²) in [5, 5.41) is 0. The van der Waals surface area contributed by atoms with Crippen molar-refractivity contribution in [3.8, 4) is 5.69 Å². The van der Waals surface area contributed by atoms with E-state index < -0.39 is 35.0 Å². The fourth-order valence-corrected chi connectivity index (χ4v) is 3.52. The zero-order valence-corrected chi connectivity index (χ0v) is 13.4. The van der Waals surface area contributed by atoms with E-state index in [1.54, 1.807) is 13.0 Å². The molecule has 1 amide bonds. The van der Waals surface area contributed by atoms with E-state index in [1.807, 2.05) is 0 Å². The number of rotatable bonds is 2. The van der Waals surface area contributed by atoms with Crippen LogP contribution in [0.5, 0.6) is 0 Å². The number of amides is 1. The number of benzene rings is 1. The van der Waals surface area contributed by atoms with E-state index in [-0.39, 0.29) is 18.7 Å². The fraction of sp³-hybridized carbons (Fsp3) is 0.333.